The van der Waals surface area contributed by atoms with Crippen LogP contribution < -0.4 is 21.3 Å². The van der Waals surface area contributed by atoms with E-state index in [-0.39, 0.29) is 41.4 Å². The third kappa shape index (κ3) is 10.5. The van der Waals surface area contributed by atoms with Gasteiger partial charge in [0.05, 0.1) is 0 Å². The number of carbonyl (C=O) groups is 5. The Bertz CT molecular complexity index is 893. The molecule has 1 aromatic rings. The lowest BCUT2D eigenvalue weighted by atomic mass is 10.0. The number of rotatable bonds is 5. The fraction of sp³-hybridized carbons (Fsp3) is 0.560. The van der Waals surface area contributed by atoms with Crippen LogP contribution in [0.2, 0.25) is 0 Å². The Kier molecular flexibility index (Phi) is 11.8. The van der Waals surface area contributed by atoms with E-state index in [2.05, 4.69) is 21.3 Å². The van der Waals surface area contributed by atoms with Crippen LogP contribution in [0.4, 0.5) is 0 Å². The molecule has 4 amide bonds. The summed E-state index contributed by atoms with van der Waals surface area (Å²) in [5, 5.41) is 10.7. The molecule has 0 aromatic heterocycles. The predicted octanol–water partition coefficient (Wildman–Crippen LogP) is 1.31. The van der Waals surface area contributed by atoms with Crippen LogP contribution in [0.1, 0.15) is 52.0 Å². The van der Waals surface area contributed by atoms with Gasteiger partial charge in [-0.2, -0.15) is 0 Å². The zero-order valence-electron chi connectivity index (χ0n) is 20.6. The van der Waals surface area contributed by atoms with E-state index >= 15 is 0 Å². The molecule has 1 fully saturated rings. The highest BCUT2D eigenvalue weighted by atomic mass is 32.2. The monoisotopic (exact) mass is 504 g/mol. The molecule has 192 valence electrons. The predicted molar refractivity (Wildman–Crippen MR) is 135 cm³/mol. The molecule has 2 rings (SSSR count). The number of amides is 4. The van der Waals surface area contributed by atoms with E-state index in [0.29, 0.717) is 25.8 Å². The summed E-state index contributed by atoms with van der Waals surface area (Å²) in [6, 6.07) is 6.79. The summed E-state index contributed by atoms with van der Waals surface area (Å²) in [5.41, 5.74) is 0.863. The van der Waals surface area contributed by atoms with Crippen LogP contribution in [-0.4, -0.2) is 59.2 Å². The topological polar surface area (TPSA) is 133 Å². The van der Waals surface area contributed by atoms with Gasteiger partial charge in [-0.05, 0) is 30.7 Å². The van der Waals surface area contributed by atoms with Gasteiger partial charge in [-0.1, -0.05) is 55.9 Å². The zero-order chi connectivity index (χ0) is 25.8. The van der Waals surface area contributed by atoms with Gasteiger partial charge in [0.25, 0.3) is 0 Å². The van der Waals surface area contributed by atoms with E-state index in [0.717, 1.165) is 17.3 Å². The maximum atomic E-state index is 13.2. The molecule has 0 bridgehead atoms. The molecule has 1 aliphatic heterocycles. The molecule has 0 saturated carbocycles. The maximum absolute atomic E-state index is 13.2. The van der Waals surface area contributed by atoms with E-state index < -0.39 is 29.9 Å². The van der Waals surface area contributed by atoms with Crippen LogP contribution in [0.15, 0.2) is 30.3 Å². The highest BCUT2D eigenvalue weighted by Crippen LogP contribution is 2.15. The lowest BCUT2D eigenvalue weighted by Crippen LogP contribution is -2.53. The van der Waals surface area contributed by atoms with Crippen molar-refractivity contribution in [1.29, 1.82) is 0 Å². The minimum atomic E-state index is -0.889. The Balaban J connectivity index is 2.29. The van der Waals surface area contributed by atoms with Gasteiger partial charge < -0.3 is 21.3 Å². The highest BCUT2D eigenvalue weighted by molar-refractivity contribution is 8.13. The molecular formula is C25H36N4O5S. The van der Waals surface area contributed by atoms with Crippen molar-refractivity contribution in [2.45, 2.75) is 71.0 Å². The van der Waals surface area contributed by atoms with Gasteiger partial charge >= 0.3 is 0 Å². The number of thioether (sulfide) groups is 1. The van der Waals surface area contributed by atoms with Crippen molar-refractivity contribution in [3.8, 4) is 0 Å². The number of hydrogen-bond acceptors (Lipinski definition) is 6. The van der Waals surface area contributed by atoms with Crippen molar-refractivity contribution in [1.82, 2.24) is 21.3 Å². The first-order valence-electron chi connectivity index (χ1n) is 12.0. The van der Waals surface area contributed by atoms with Crippen molar-refractivity contribution in [2.24, 2.45) is 5.92 Å². The fourth-order valence-corrected chi connectivity index (χ4v) is 4.63. The summed E-state index contributed by atoms with van der Waals surface area (Å²) in [6.07, 6.45) is 2.03. The largest absolute Gasteiger partial charge is 0.354 e. The summed E-state index contributed by atoms with van der Waals surface area (Å²) < 4.78 is 0. The molecule has 4 N–H and O–H groups in total. The van der Waals surface area contributed by atoms with Crippen LogP contribution in [0.3, 0.4) is 0 Å². The molecule has 0 unspecified atom stereocenters. The van der Waals surface area contributed by atoms with Crippen LogP contribution in [0.5, 0.6) is 0 Å². The van der Waals surface area contributed by atoms with Gasteiger partial charge in [-0.25, -0.2) is 0 Å². The van der Waals surface area contributed by atoms with Gasteiger partial charge in [0.15, 0.2) is 0 Å². The Morgan fingerprint density at radius 1 is 1.03 bits per heavy atom. The fourth-order valence-electron chi connectivity index (χ4n) is 3.72. The minimum absolute atomic E-state index is 0.0393. The molecule has 35 heavy (non-hydrogen) atoms. The van der Waals surface area contributed by atoms with Gasteiger partial charge in [-0.3, -0.25) is 24.0 Å². The first-order valence-corrected chi connectivity index (χ1v) is 13.0. The highest BCUT2D eigenvalue weighted by Gasteiger charge is 2.29. The van der Waals surface area contributed by atoms with Crippen LogP contribution >= 0.6 is 11.8 Å². The van der Waals surface area contributed by atoms with E-state index in [1.54, 1.807) is 0 Å². The Morgan fingerprint density at radius 3 is 2.40 bits per heavy atom. The number of hydrogen-bond donors (Lipinski definition) is 4. The second-order valence-corrected chi connectivity index (χ2v) is 10.2. The summed E-state index contributed by atoms with van der Waals surface area (Å²) in [5.74, 6) is -1.24. The molecule has 10 heteroatoms. The zero-order valence-corrected chi connectivity index (χ0v) is 21.4. The Hall–Kier alpha value is -2.88. The summed E-state index contributed by atoms with van der Waals surface area (Å²) in [6.45, 7) is 5.58. The van der Waals surface area contributed by atoms with Crippen LogP contribution in [-0.2, 0) is 30.4 Å². The minimum Gasteiger partial charge on any atom is -0.354 e. The Labute approximate surface area is 210 Å². The SMILES string of the molecule is CC(=O)N[C@H]1CSC(=O)[C@H](Cc2ccccc2)NC(=O)[C@H](CC(C)C)NC(=O)CCCCNC1=O. The summed E-state index contributed by atoms with van der Waals surface area (Å²) in [4.78, 5) is 63.1. The molecular weight excluding hydrogens is 468 g/mol. The molecule has 0 spiro atoms. The van der Waals surface area contributed by atoms with Crippen molar-refractivity contribution in [3.63, 3.8) is 0 Å². The molecule has 9 nitrogen and oxygen atoms in total. The molecule has 1 aromatic carbocycles. The second kappa shape index (κ2) is 14.5. The average Bonchev–Trinajstić information content (AvgIpc) is 2.79. The first-order chi connectivity index (χ1) is 16.7. The maximum Gasteiger partial charge on any atom is 0.243 e. The third-order valence-corrected chi connectivity index (χ3v) is 6.53. The molecule has 1 saturated heterocycles. The van der Waals surface area contributed by atoms with Crippen LogP contribution in [0, 0.1) is 5.92 Å². The third-order valence-electron chi connectivity index (χ3n) is 5.46. The number of benzene rings is 1. The number of nitrogens with one attached hydrogen (secondary N) is 4. The molecule has 0 radical (unpaired) electrons. The van der Waals surface area contributed by atoms with Gasteiger partial charge in [0.2, 0.25) is 28.7 Å². The summed E-state index contributed by atoms with van der Waals surface area (Å²) in [7, 11) is 0. The van der Waals surface area contributed by atoms with Crippen molar-refractivity contribution in [2.75, 3.05) is 12.3 Å². The Morgan fingerprint density at radius 2 is 1.74 bits per heavy atom. The average molecular weight is 505 g/mol. The molecule has 1 heterocycles. The van der Waals surface area contributed by atoms with Crippen molar-refractivity contribution < 1.29 is 24.0 Å². The molecule has 0 aliphatic carbocycles. The lowest BCUT2D eigenvalue weighted by molar-refractivity contribution is -0.130. The molecule has 1 aliphatic rings. The first kappa shape index (κ1) is 28.4. The quantitative estimate of drug-likeness (QED) is 0.478. The smallest absolute Gasteiger partial charge is 0.243 e. The van der Waals surface area contributed by atoms with Crippen molar-refractivity contribution >= 4 is 40.5 Å². The molecule has 3 atom stereocenters. The van der Waals surface area contributed by atoms with Gasteiger partial charge in [0, 0.05) is 32.1 Å². The van der Waals surface area contributed by atoms with E-state index in [1.807, 2.05) is 44.2 Å². The van der Waals surface area contributed by atoms with Gasteiger partial charge in [-0.15, -0.1) is 0 Å². The standard InChI is InChI=1S/C25H36N4O5S/c1-16(2)13-19-24(33)29-20(14-18-9-5-4-6-10-18)25(34)35-15-21(27-17(3)30)23(32)26-12-8-7-11-22(31)28-19/h4-6,9-10,16,19-21H,7-8,11-15H2,1-3H3,(H,26,32)(H,27,30)(H,28,31)(H,29,33)/t19-,20-,21-/m0/s1. The van der Waals surface area contributed by atoms with Gasteiger partial charge in [0.1, 0.15) is 18.1 Å². The second-order valence-electron chi connectivity index (χ2n) is 9.13. The van der Waals surface area contributed by atoms with E-state index in [9.17, 15) is 24.0 Å². The van der Waals surface area contributed by atoms with E-state index in [1.165, 1.54) is 6.92 Å². The number of carbonyl (C=O) groups excluding carboxylic acids is 5. The van der Waals surface area contributed by atoms with Crippen molar-refractivity contribution in [3.05, 3.63) is 35.9 Å². The van der Waals surface area contributed by atoms with Crippen LogP contribution in [0.25, 0.3) is 0 Å². The van der Waals surface area contributed by atoms with E-state index in [4.69, 9.17) is 0 Å². The summed E-state index contributed by atoms with van der Waals surface area (Å²) >= 11 is 0.895. The lowest BCUT2D eigenvalue weighted by Gasteiger charge is -2.25. The normalized spacial score (nSPS) is 23.3.